The zero-order chi connectivity index (χ0) is 17.8. The van der Waals surface area contributed by atoms with Gasteiger partial charge in [0.2, 0.25) is 0 Å². The molecule has 0 radical (unpaired) electrons. The first-order chi connectivity index (χ1) is 12.1. The molecule has 0 saturated carbocycles. The second-order valence-electron chi connectivity index (χ2n) is 6.01. The predicted molar refractivity (Wildman–Crippen MR) is 98.5 cm³/mol. The van der Waals surface area contributed by atoms with E-state index in [1.54, 1.807) is 7.11 Å². The predicted octanol–water partition coefficient (Wildman–Crippen LogP) is 4.48. The Morgan fingerprint density at radius 2 is 1.84 bits per heavy atom. The number of hydrogen-bond acceptors (Lipinski definition) is 2. The topological polar surface area (TPSA) is 51.5 Å². The van der Waals surface area contributed by atoms with Crippen molar-refractivity contribution in [1.29, 1.82) is 0 Å². The van der Waals surface area contributed by atoms with Gasteiger partial charge >= 0.3 is 5.97 Å². The third-order valence-corrected chi connectivity index (χ3v) is 4.20. The van der Waals surface area contributed by atoms with Gasteiger partial charge in [0.1, 0.15) is 5.75 Å². The van der Waals surface area contributed by atoms with Crippen LogP contribution in [0.25, 0.3) is 16.9 Å². The molecule has 0 bridgehead atoms. The fourth-order valence-electron chi connectivity index (χ4n) is 2.97. The number of nitrogens with zero attached hydrogens (tertiary/aromatic N) is 1. The van der Waals surface area contributed by atoms with Crippen molar-refractivity contribution in [2.75, 3.05) is 7.11 Å². The monoisotopic (exact) mass is 335 g/mol. The highest BCUT2D eigenvalue weighted by Gasteiger charge is 2.13. The van der Waals surface area contributed by atoms with Gasteiger partial charge in [-0.25, -0.2) is 0 Å². The quantitative estimate of drug-likeness (QED) is 0.722. The van der Waals surface area contributed by atoms with Crippen LogP contribution in [0.15, 0.2) is 60.7 Å². The number of carboxylic acid groups (broad SMARTS) is 1. The third kappa shape index (κ3) is 3.74. The van der Waals surface area contributed by atoms with Gasteiger partial charge in [-0.3, -0.25) is 4.79 Å². The molecule has 4 nitrogen and oxygen atoms in total. The fraction of sp³-hybridized carbons (Fsp3) is 0.190. The molecule has 0 atom stereocenters. The highest BCUT2D eigenvalue weighted by molar-refractivity contribution is 5.68. The highest BCUT2D eigenvalue weighted by Crippen LogP contribution is 2.29. The minimum Gasteiger partial charge on any atom is -0.497 e. The minimum atomic E-state index is -0.789. The number of carboxylic acids is 1. The smallest absolute Gasteiger partial charge is 0.303 e. The SMILES string of the molecule is COc1ccc(-c2ccc(CCC(=O)O)n2-c2cccc(C)c2)cc1. The van der Waals surface area contributed by atoms with Crippen molar-refractivity contribution in [3.8, 4) is 22.7 Å². The number of aryl methyl sites for hydroxylation is 2. The maximum Gasteiger partial charge on any atom is 0.303 e. The van der Waals surface area contributed by atoms with Crippen LogP contribution >= 0.6 is 0 Å². The van der Waals surface area contributed by atoms with Crippen LogP contribution in [0.3, 0.4) is 0 Å². The van der Waals surface area contributed by atoms with Crippen molar-refractivity contribution in [1.82, 2.24) is 4.57 Å². The lowest BCUT2D eigenvalue weighted by molar-refractivity contribution is -0.136. The Balaban J connectivity index is 2.09. The summed E-state index contributed by atoms with van der Waals surface area (Å²) in [7, 11) is 1.65. The maximum absolute atomic E-state index is 11.0. The lowest BCUT2D eigenvalue weighted by Crippen LogP contribution is -2.05. The zero-order valence-corrected chi connectivity index (χ0v) is 14.4. The maximum atomic E-state index is 11.0. The number of carbonyl (C=O) groups is 1. The van der Waals surface area contributed by atoms with Crippen LogP contribution < -0.4 is 4.74 Å². The Morgan fingerprint density at radius 1 is 1.08 bits per heavy atom. The average molecular weight is 335 g/mol. The molecule has 1 aromatic heterocycles. The van der Waals surface area contributed by atoms with Crippen LogP contribution in [0.4, 0.5) is 0 Å². The average Bonchev–Trinajstić information content (AvgIpc) is 3.04. The van der Waals surface area contributed by atoms with Crippen LogP contribution in [0.2, 0.25) is 0 Å². The van der Waals surface area contributed by atoms with E-state index >= 15 is 0 Å². The Labute approximate surface area is 147 Å². The molecule has 0 aliphatic carbocycles. The highest BCUT2D eigenvalue weighted by atomic mass is 16.5. The fourth-order valence-corrected chi connectivity index (χ4v) is 2.97. The molecule has 0 aliphatic heterocycles. The second kappa shape index (κ2) is 7.26. The van der Waals surface area contributed by atoms with E-state index in [-0.39, 0.29) is 6.42 Å². The molecule has 2 aromatic carbocycles. The molecule has 1 heterocycles. The molecule has 0 spiro atoms. The lowest BCUT2D eigenvalue weighted by Gasteiger charge is -2.15. The molecule has 0 unspecified atom stereocenters. The molecule has 0 aliphatic rings. The van der Waals surface area contributed by atoms with Gasteiger partial charge in [0.15, 0.2) is 0 Å². The molecule has 0 saturated heterocycles. The molecule has 3 aromatic rings. The van der Waals surface area contributed by atoms with E-state index in [1.165, 1.54) is 0 Å². The number of aliphatic carboxylic acids is 1. The Hall–Kier alpha value is -3.01. The number of methoxy groups -OCH3 is 1. The van der Waals surface area contributed by atoms with E-state index < -0.39 is 5.97 Å². The Kier molecular flexibility index (Phi) is 4.89. The normalized spacial score (nSPS) is 10.6. The molecular formula is C21H21NO3. The van der Waals surface area contributed by atoms with E-state index in [2.05, 4.69) is 23.6 Å². The standard InChI is InChI=1S/C21H21NO3/c1-15-4-3-5-18(14-15)22-17(9-13-21(23)24)8-12-20(22)16-6-10-19(25-2)11-7-16/h3-8,10-12,14H,9,13H2,1-2H3,(H,23,24). The first kappa shape index (κ1) is 16.8. The van der Waals surface area contributed by atoms with Crippen molar-refractivity contribution in [3.63, 3.8) is 0 Å². The number of rotatable bonds is 6. The molecule has 25 heavy (non-hydrogen) atoms. The molecule has 0 amide bonds. The van der Waals surface area contributed by atoms with Gasteiger partial charge in [0.25, 0.3) is 0 Å². The van der Waals surface area contributed by atoms with Gasteiger partial charge in [-0.05, 0) is 73.0 Å². The summed E-state index contributed by atoms with van der Waals surface area (Å²) in [5.74, 6) is 0.0199. The minimum absolute atomic E-state index is 0.109. The summed E-state index contributed by atoms with van der Waals surface area (Å²) in [6.07, 6.45) is 0.595. The zero-order valence-electron chi connectivity index (χ0n) is 14.4. The van der Waals surface area contributed by atoms with Gasteiger partial charge < -0.3 is 14.4 Å². The van der Waals surface area contributed by atoms with E-state index in [0.29, 0.717) is 6.42 Å². The van der Waals surface area contributed by atoms with E-state index in [4.69, 9.17) is 9.84 Å². The summed E-state index contributed by atoms with van der Waals surface area (Å²) in [5.41, 5.74) is 5.28. The van der Waals surface area contributed by atoms with Crippen LogP contribution in [0, 0.1) is 6.92 Å². The Morgan fingerprint density at radius 3 is 2.48 bits per heavy atom. The second-order valence-corrected chi connectivity index (χ2v) is 6.01. The van der Waals surface area contributed by atoms with Gasteiger partial charge in [0, 0.05) is 11.4 Å². The van der Waals surface area contributed by atoms with Crippen LogP contribution in [-0.2, 0) is 11.2 Å². The number of ether oxygens (including phenoxy) is 1. The molecular weight excluding hydrogens is 314 g/mol. The van der Waals surface area contributed by atoms with Crippen molar-refractivity contribution >= 4 is 5.97 Å². The van der Waals surface area contributed by atoms with Gasteiger partial charge in [-0.2, -0.15) is 0 Å². The Bertz CT molecular complexity index is 878. The molecule has 1 N–H and O–H groups in total. The molecule has 0 fully saturated rings. The first-order valence-electron chi connectivity index (χ1n) is 8.22. The number of hydrogen-bond donors (Lipinski definition) is 1. The summed E-state index contributed by atoms with van der Waals surface area (Å²) >= 11 is 0. The van der Waals surface area contributed by atoms with Crippen LogP contribution in [0.5, 0.6) is 5.75 Å². The van der Waals surface area contributed by atoms with Crippen molar-refractivity contribution in [3.05, 3.63) is 71.9 Å². The number of benzene rings is 2. The number of aromatic nitrogens is 1. The molecule has 128 valence electrons. The first-order valence-corrected chi connectivity index (χ1v) is 8.22. The van der Waals surface area contributed by atoms with Crippen LogP contribution in [0.1, 0.15) is 17.7 Å². The van der Waals surface area contributed by atoms with Crippen molar-refractivity contribution in [2.45, 2.75) is 19.8 Å². The van der Waals surface area contributed by atoms with Crippen LogP contribution in [-0.4, -0.2) is 22.8 Å². The van der Waals surface area contributed by atoms with Crippen molar-refractivity contribution < 1.29 is 14.6 Å². The summed E-state index contributed by atoms with van der Waals surface area (Å²) in [6, 6.07) is 20.2. The largest absolute Gasteiger partial charge is 0.497 e. The molecule has 3 rings (SSSR count). The third-order valence-electron chi connectivity index (χ3n) is 4.20. The van der Waals surface area contributed by atoms with E-state index in [9.17, 15) is 4.79 Å². The van der Waals surface area contributed by atoms with Gasteiger partial charge in [0.05, 0.1) is 19.2 Å². The van der Waals surface area contributed by atoms with E-state index in [0.717, 1.165) is 34.0 Å². The summed E-state index contributed by atoms with van der Waals surface area (Å²) in [4.78, 5) is 11.0. The summed E-state index contributed by atoms with van der Waals surface area (Å²) in [6.45, 7) is 2.05. The van der Waals surface area contributed by atoms with E-state index in [1.807, 2.05) is 48.5 Å². The van der Waals surface area contributed by atoms with Crippen molar-refractivity contribution in [2.24, 2.45) is 0 Å². The lowest BCUT2D eigenvalue weighted by atomic mass is 10.1. The summed E-state index contributed by atoms with van der Waals surface area (Å²) in [5, 5.41) is 9.04. The summed E-state index contributed by atoms with van der Waals surface area (Å²) < 4.78 is 7.37. The van der Waals surface area contributed by atoms with Gasteiger partial charge in [-0.15, -0.1) is 0 Å². The molecule has 4 heteroatoms. The van der Waals surface area contributed by atoms with Gasteiger partial charge in [-0.1, -0.05) is 12.1 Å².